The van der Waals surface area contributed by atoms with Crippen molar-refractivity contribution in [3.8, 4) is 0 Å². The van der Waals surface area contributed by atoms with E-state index in [1.807, 2.05) is 35.0 Å². The minimum Gasteiger partial charge on any atom is -0.366 e. The number of aromatic nitrogens is 2. The maximum absolute atomic E-state index is 5.84. The van der Waals surface area contributed by atoms with Gasteiger partial charge in [0.15, 0.2) is 0 Å². The fraction of sp³-hybridized carbons (Fsp3) is 0.417. The molecule has 3 heterocycles. The Kier molecular flexibility index (Phi) is 2.19. The monoisotopic (exact) mass is 217 g/mol. The van der Waals surface area contributed by atoms with E-state index in [2.05, 4.69) is 17.2 Å². The van der Waals surface area contributed by atoms with Gasteiger partial charge in [-0.05, 0) is 19.1 Å². The van der Waals surface area contributed by atoms with Gasteiger partial charge in [-0.1, -0.05) is 6.07 Å². The summed E-state index contributed by atoms with van der Waals surface area (Å²) in [6.07, 6.45) is 4.02. The Hall–Kier alpha value is -1.39. The summed E-state index contributed by atoms with van der Waals surface area (Å²) in [7, 11) is 0. The Morgan fingerprint density at radius 2 is 2.38 bits per heavy atom. The van der Waals surface area contributed by atoms with Crippen LogP contribution in [0.2, 0.25) is 0 Å². The molecule has 0 aromatic carbocycles. The van der Waals surface area contributed by atoms with Gasteiger partial charge in [-0.15, -0.1) is 0 Å². The first-order valence-corrected chi connectivity index (χ1v) is 5.53. The molecule has 2 aromatic rings. The van der Waals surface area contributed by atoms with Crippen LogP contribution in [0.5, 0.6) is 0 Å². The summed E-state index contributed by atoms with van der Waals surface area (Å²) < 4.78 is 7.86. The fourth-order valence-corrected chi connectivity index (χ4v) is 1.88. The van der Waals surface area contributed by atoms with Crippen LogP contribution in [0.25, 0.3) is 5.65 Å². The van der Waals surface area contributed by atoms with Crippen molar-refractivity contribution in [2.75, 3.05) is 13.1 Å². The quantitative estimate of drug-likeness (QED) is 0.840. The third-order valence-corrected chi connectivity index (χ3v) is 2.98. The van der Waals surface area contributed by atoms with E-state index in [1.54, 1.807) is 0 Å². The van der Waals surface area contributed by atoms with E-state index < -0.39 is 0 Å². The molecule has 1 aliphatic heterocycles. The molecule has 1 aliphatic rings. The Labute approximate surface area is 94.3 Å². The lowest BCUT2D eigenvalue weighted by Crippen LogP contribution is -2.58. The maximum atomic E-state index is 5.84. The first kappa shape index (κ1) is 9.81. The minimum absolute atomic E-state index is 0.00417. The number of pyridine rings is 1. The zero-order chi connectivity index (χ0) is 11.0. The summed E-state index contributed by atoms with van der Waals surface area (Å²) in [6, 6.07) is 5.98. The summed E-state index contributed by atoms with van der Waals surface area (Å²) >= 11 is 0. The molecule has 0 amide bonds. The highest BCUT2D eigenvalue weighted by atomic mass is 16.5. The van der Waals surface area contributed by atoms with Gasteiger partial charge < -0.3 is 14.5 Å². The molecular weight excluding hydrogens is 202 g/mol. The van der Waals surface area contributed by atoms with Crippen LogP contribution in [0.4, 0.5) is 0 Å². The zero-order valence-corrected chi connectivity index (χ0v) is 9.31. The highest BCUT2D eigenvalue weighted by Crippen LogP contribution is 2.17. The van der Waals surface area contributed by atoms with Crippen molar-refractivity contribution in [2.24, 2.45) is 0 Å². The van der Waals surface area contributed by atoms with Crippen LogP contribution >= 0.6 is 0 Å². The van der Waals surface area contributed by atoms with E-state index in [4.69, 9.17) is 4.74 Å². The molecule has 4 heteroatoms. The lowest BCUT2D eigenvalue weighted by molar-refractivity contribution is -0.0777. The van der Waals surface area contributed by atoms with Gasteiger partial charge in [0.1, 0.15) is 5.65 Å². The fourth-order valence-electron chi connectivity index (χ4n) is 1.88. The molecule has 1 fully saturated rings. The standard InChI is InChI=1S/C12H15N3O/c1-12(8-13-9-12)16-7-10-6-15-5-3-2-4-11(15)14-10/h2-6,13H,7-9H2,1H3. The van der Waals surface area contributed by atoms with Crippen molar-refractivity contribution in [3.05, 3.63) is 36.3 Å². The highest BCUT2D eigenvalue weighted by Gasteiger charge is 2.32. The summed E-state index contributed by atoms with van der Waals surface area (Å²) in [5, 5.41) is 3.21. The van der Waals surface area contributed by atoms with Crippen LogP contribution in [0.15, 0.2) is 30.6 Å². The van der Waals surface area contributed by atoms with Crippen LogP contribution in [-0.2, 0) is 11.3 Å². The molecule has 3 rings (SSSR count). The summed E-state index contributed by atoms with van der Waals surface area (Å²) in [5.41, 5.74) is 1.95. The van der Waals surface area contributed by atoms with Gasteiger partial charge in [-0.2, -0.15) is 0 Å². The first-order chi connectivity index (χ1) is 7.75. The van der Waals surface area contributed by atoms with Gasteiger partial charge in [-0.3, -0.25) is 0 Å². The molecule has 0 atom stereocenters. The average molecular weight is 217 g/mol. The van der Waals surface area contributed by atoms with Gasteiger partial charge in [0.2, 0.25) is 0 Å². The van der Waals surface area contributed by atoms with E-state index in [0.29, 0.717) is 6.61 Å². The third-order valence-electron chi connectivity index (χ3n) is 2.98. The topological polar surface area (TPSA) is 38.6 Å². The van der Waals surface area contributed by atoms with Crippen molar-refractivity contribution in [1.82, 2.24) is 14.7 Å². The molecule has 0 bridgehead atoms. The largest absolute Gasteiger partial charge is 0.366 e. The number of fused-ring (bicyclic) bond motifs is 1. The molecule has 4 nitrogen and oxygen atoms in total. The maximum Gasteiger partial charge on any atom is 0.137 e. The molecule has 0 spiro atoms. The average Bonchev–Trinajstić information content (AvgIpc) is 2.66. The lowest BCUT2D eigenvalue weighted by Gasteiger charge is -2.38. The number of imidazole rings is 1. The second-order valence-corrected chi connectivity index (χ2v) is 4.54. The van der Waals surface area contributed by atoms with Crippen molar-refractivity contribution in [3.63, 3.8) is 0 Å². The van der Waals surface area contributed by atoms with Crippen molar-refractivity contribution >= 4 is 5.65 Å². The van der Waals surface area contributed by atoms with E-state index >= 15 is 0 Å². The van der Waals surface area contributed by atoms with Crippen molar-refractivity contribution in [1.29, 1.82) is 0 Å². The summed E-state index contributed by atoms with van der Waals surface area (Å²) in [6.45, 7) is 4.57. The molecule has 1 saturated heterocycles. The Bertz CT molecular complexity index is 469. The first-order valence-electron chi connectivity index (χ1n) is 5.53. The molecule has 1 N–H and O–H groups in total. The zero-order valence-electron chi connectivity index (χ0n) is 9.31. The molecule has 0 aliphatic carbocycles. The molecule has 84 valence electrons. The van der Waals surface area contributed by atoms with Gasteiger partial charge in [0, 0.05) is 25.5 Å². The summed E-state index contributed by atoms with van der Waals surface area (Å²) in [4.78, 5) is 4.49. The predicted molar refractivity (Wildman–Crippen MR) is 61.3 cm³/mol. The lowest BCUT2D eigenvalue weighted by atomic mass is 10.0. The van der Waals surface area contributed by atoms with Crippen LogP contribution in [-0.4, -0.2) is 28.1 Å². The number of hydrogen-bond donors (Lipinski definition) is 1. The van der Waals surface area contributed by atoms with E-state index in [-0.39, 0.29) is 5.60 Å². The van der Waals surface area contributed by atoms with Gasteiger partial charge in [0.05, 0.1) is 17.9 Å². The second-order valence-electron chi connectivity index (χ2n) is 4.54. The van der Waals surface area contributed by atoms with Gasteiger partial charge in [-0.25, -0.2) is 4.98 Å². The minimum atomic E-state index is -0.00417. The van der Waals surface area contributed by atoms with Crippen LogP contribution < -0.4 is 5.32 Å². The molecular formula is C12H15N3O. The SMILES string of the molecule is CC1(OCc2cn3ccccc3n2)CNC1. The highest BCUT2D eigenvalue weighted by molar-refractivity contribution is 5.39. The van der Waals surface area contributed by atoms with Gasteiger partial charge in [0.25, 0.3) is 0 Å². The van der Waals surface area contributed by atoms with Crippen molar-refractivity contribution < 1.29 is 4.74 Å². The molecule has 2 aromatic heterocycles. The van der Waals surface area contributed by atoms with Gasteiger partial charge >= 0.3 is 0 Å². The summed E-state index contributed by atoms with van der Waals surface area (Å²) in [5.74, 6) is 0. The van der Waals surface area contributed by atoms with Crippen LogP contribution in [0.3, 0.4) is 0 Å². The molecule has 16 heavy (non-hydrogen) atoms. The molecule has 0 radical (unpaired) electrons. The Balaban J connectivity index is 1.74. The molecule has 0 saturated carbocycles. The number of nitrogens with zero attached hydrogens (tertiary/aromatic N) is 2. The second kappa shape index (κ2) is 3.57. The van der Waals surface area contributed by atoms with Crippen LogP contribution in [0.1, 0.15) is 12.6 Å². The van der Waals surface area contributed by atoms with E-state index in [1.165, 1.54) is 0 Å². The third kappa shape index (κ3) is 1.70. The normalized spacial score (nSPS) is 18.6. The smallest absolute Gasteiger partial charge is 0.137 e. The Morgan fingerprint density at radius 3 is 3.06 bits per heavy atom. The number of nitrogens with one attached hydrogen (secondary N) is 1. The number of ether oxygens (including phenoxy) is 1. The Morgan fingerprint density at radius 1 is 1.50 bits per heavy atom. The predicted octanol–water partition coefficient (Wildman–Crippen LogP) is 1.21. The van der Waals surface area contributed by atoms with Crippen molar-refractivity contribution in [2.45, 2.75) is 19.1 Å². The number of rotatable bonds is 3. The van der Waals surface area contributed by atoms with E-state index in [9.17, 15) is 0 Å². The van der Waals surface area contributed by atoms with Crippen LogP contribution in [0, 0.1) is 0 Å². The number of hydrogen-bond acceptors (Lipinski definition) is 3. The molecule has 0 unspecified atom stereocenters. The van der Waals surface area contributed by atoms with E-state index in [0.717, 1.165) is 24.4 Å².